The van der Waals surface area contributed by atoms with Crippen molar-refractivity contribution in [3.05, 3.63) is 78.2 Å². The number of hydrogen-bond donors (Lipinski definition) is 3. The third kappa shape index (κ3) is 4.97. The van der Waals surface area contributed by atoms with Crippen LogP contribution in [-0.2, 0) is 6.42 Å². The van der Waals surface area contributed by atoms with Crippen LogP contribution >= 0.6 is 0 Å². The fraction of sp³-hybridized carbons (Fsp3) is 0.273. The molecule has 1 aromatic heterocycles. The van der Waals surface area contributed by atoms with Crippen molar-refractivity contribution in [2.24, 2.45) is 5.73 Å². The van der Waals surface area contributed by atoms with Crippen molar-refractivity contribution < 1.29 is 5.11 Å². The van der Waals surface area contributed by atoms with E-state index in [1.54, 1.807) is 0 Å². The Morgan fingerprint density at radius 1 is 1.36 bits per heavy atom. The van der Waals surface area contributed by atoms with Gasteiger partial charge in [0.1, 0.15) is 5.76 Å². The summed E-state index contributed by atoms with van der Waals surface area (Å²) in [5.74, 6) is 0.0126. The number of benzene rings is 1. The Morgan fingerprint density at radius 3 is 2.60 bits per heavy atom. The lowest BCUT2D eigenvalue weighted by molar-refractivity contribution is 0.368. The van der Waals surface area contributed by atoms with Crippen LogP contribution in [0.2, 0.25) is 0 Å². The van der Waals surface area contributed by atoms with E-state index in [-0.39, 0.29) is 5.76 Å². The zero-order valence-corrected chi connectivity index (χ0v) is 15.8. The molecule has 0 aliphatic carbocycles. The number of nitrogens with one attached hydrogen (secondary N) is 1. The van der Waals surface area contributed by atoms with Gasteiger partial charge in [-0.05, 0) is 43.0 Å². The maximum Gasteiger partial charge on any atom is 0.102 e. The molecule has 1 unspecified atom stereocenters. The second-order valence-corrected chi connectivity index (χ2v) is 5.64. The maximum absolute atomic E-state index is 9.46. The molecule has 2 rings (SSSR count). The number of hydrogen-bond acceptors (Lipinski definition) is 2. The molecule has 0 amide bonds. The number of allylic oxidation sites excluding steroid dienone is 5. The van der Waals surface area contributed by atoms with Crippen LogP contribution in [0.4, 0.5) is 0 Å². The van der Waals surface area contributed by atoms with Gasteiger partial charge >= 0.3 is 0 Å². The molecule has 0 fully saturated rings. The molecular formula is C22H30N2O. The predicted molar refractivity (Wildman–Crippen MR) is 111 cm³/mol. The molecule has 2 aromatic rings. The number of aromatic nitrogens is 1. The molecule has 134 valence electrons. The summed E-state index contributed by atoms with van der Waals surface area (Å²) >= 11 is 0. The topological polar surface area (TPSA) is 62.0 Å². The highest BCUT2D eigenvalue weighted by Crippen LogP contribution is 2.27. The van der Waals surface area contributed by atoms with Gasteiger partial charge in [0.25, 0.3) is 0 Å². The first-order valence-electron chi connectivity index (χ1n) is 8.68. The summed E-state index contributed by atoms with van der Waals surface area (Å²) in [4.78, 5) is 3.40. The van der Waals surface area contributed by atoms with Crippen LogP contribution in [0.5, 0.6) is 0 Å². The summed E-state index contributed by atoms with van der Waals surface area (Å²) in [6.45, 7) is 15.4. The van der Waals surface area contributed by atoms with Gasteiger partial charge in [-0.3, -0.25) is 0 Å². The Hall–Kier alpha value is -2.52. The quantitative estimate of drug-likeness (QED) is 0.475. The van der Waals surface area contributed by atoms with Crippen LogP contribution in [0.3, 0.4) is 0 Å². The summed E-state index contributed by atoms with van der Waals surface area (Å²) < 4.78 is 0. The van der Waals surface area contributed by atoms with Gasteiger partial charge in [-0.15, -0.1) is 0 Å². The first kappa shape index (κ1) is 20.5. The second kappa shape index (κ2) is 9.70. The Kier molecular flexibility index (Phi) is 7.96. The zero-order chi connectivity index (χ0) is 19.0. The van der Waals surface area contributed by atoms with Gasteiger partial charge in [0.05, 0.1) is 6.04 Å². The summed E-state index contributed by atoms with van der Waals surface area (Å²) in [6, 6.07) is 5.83. The SMILES string of the molecule is C=C/C(=C\C=C/C)c1ccc2c(CC(N)C(=C)O)c(C)[nH]c2c1.CC. The van der Waals surface area contributed by atoms with Crippen molar-refractivity contribution in [2.75, 3.05) is 0 Å². The number of rotatable bonds is 6. The fourth-order valence-corrected chi connectivity index (χ4v) is 2.65. The molecule has 4 N–H and O–H groups in total. The van der Waals surface area contributed by atoms with Crippen LogP contribution < -0.4 is 5.73 Å². The Bertz CT molecular complexity index is 794. The fourth-order valence-electron chi connectivity index (χ4n) is 2.65. The normalized spacial score (nSPS) is 12.8. The van der Waals surface area contributed by atoms with Crippen molar-refractivity contribution in [1.29, 1.82) is 0 Å². The molecule has 0 aliphatic rings. The second-order valence-electron chi connectivity index (χ2n) is 5.64. The van der Waals surface area contributed by atoms with Crippen LogP contribution in [0.1, 0.15) is 37.6 Å². The lowest BCUT2D eigenvalue weighted by atomic mass is 9.99. The largest absolute Gasteiger partial charge is 0.511 e. The van der Waals surface area contributed by atoms with Gasteiger partial charge in [0, 0.05) is 16.6 Å². The van der Waals surface area contributed by atoms with E-state index in [0.29, 0.717) is 6.42 Å². The molecule has 0 aliphatic heterocycles. The minimum atomic E-state index is -0.453. The average Bonchev–Trinajstić information content (AvgIpc) is 2.92. The maximum atomic E-state index is 9.46. The molecule has 0 saturated heterocycles. The van der Waals surface area contributed by atoms with Gasteiger partial charge in [0.2, 0.25) is 0 Å². The van der Waals surface area contributed by atoms with E-state index in [2.05, 4.69) is 36.3 Å². The summed E-state index contributed by atoms with van der Waals surface area (Å²) in [6.07, 6.45) is 8.43. The van der Waals surface area contributed by atoms with Crippen LogP contribution in [0.25, 0.3) is 16.5 Å². The molecular weight excluding hydrogens is 308 g/mol. The molecule has 0 spiro atoms. The number of fused-ring (bicyclic) bond motifs is 1. The number of aryl methyl sites for hydroxylation is 1. The molecule has 1 heterocycles. The molecule has 3 heteroatoms. The number of aliphatic hydroxyl groups is 1. The van der Waals surface area contributed by atoms with E-state index in [4.69, 9.17) is 5.73 Å². The van der Waals surface area contributed by atoms with Gasteiger partial charge in [-0.1, -0.05) is 63.4 Å². The van der Waals surface area contributed by atoms with Gasteiger partial charge in [-0.25, -0.2) is 0 Å². The summed E-state index contributed by atoms with van der Waals surface area (Å²) in [5.41, 5.74) is 11.3. The van der Waals surface area contributed by atoms with Crippen LogP contribution in [0, 0.1) is 6.92 Å². The monoisotopic (exact) mass is 338 g/mol. The molecule has 3 nitrogen and oxygen atoms in total. The van der Waals surface area contributed by atoms with E-state index in [1.165, 1.54) is 0 Å². The van der Waals surface area contributed by atoms with Gasteiger partial charge in [0.15, 0.2) is 0 Å². The van der Waals surface area contributed by atoms with Crippen LogP contribution in [-0.4, -0.2) is 16.1 Å². The van der Waals surface area contributed by atoms with E-state index in [0.717, 1.165) is 33.3 Å². The minimum absolute atomic E-state index is 0.0126. The average molecular weight is 338 g/mol. The standard InChI is InChI=1S/C20H24N2O.C2H6/c1-5-7-8-15(6-2)16-9-10-17-18(12-19(21)14(4)23)13(3)22-20(17)11-16;1-2/h5-11,19,22-23H,2,4,12,21H2,1,3H3;1-2H3/b7-5-,15-8+;. The molecule has 0 bridgehead atoms. The summed E-state index contributed by atoms with van der Waals surface area (Å²) in [7, 11) is 0. The van der Waals surface area contributed by atoms with E-state index < -0.39 is 6.04 Å². The van der Waals surface area contributed by atoms with Gasteiger partial charge in [-0.2, -0.15) is 0 Å². The highest BCUT2D eigenvalue weighted by atomic mass is 16.3. The number of aliphatic hydroxyl groups excluding tert-OH is 1. The molecule has 0 radical (unpaired) electrons. The van der Waals surface area contributed by atoms with E-state index in [1.807, 2.05) is 52.0 Å². The van der Waals surface area contributed by atoms with Crippen molar-refractivity contribution in [3.8, 4) is 0 Å². The zero-order valence-electron chi connectivity index (χ0n) is 15.8. The molecule has 0 saturated carbocycles. The molecule has 1 aromatic carbocycles. The lowest BCUT2D eigenvalue weighted by Gasteiger charge is -2.10. The Morgan fingerprint density at radius 2 is 2.04 bits per heavy atom. The number of nitrogens with two attached hydrogens (primary N) is 1. The third-order valence-corrected chi connectivity index (χ3v) is 3.99. The third-order valence-electron chi connectivity index (χ3n) is 3.99. The number of H-pyrrole nitrogens is 1. The highest BCUT2D eigenvalue weighted by Gasteiger charge is 2.14. The van der Waals surface area contributed by atoms with Crippen molar-refractivity contribution in [2.45, 2.75) is 40.2 Å². The minimum Gasteiger partial charge on any atom is -0.511 e. The smallest absolute Gasteiger partial charge is 0.102 e. The number of aromatic amines is 1. The lowest BCUT2D eigenvalue weighted by Crippen LogP contribution is -2.24. The van der Waals surface area contributed by atoms with Crippen LogP contribution in [0.15, 0.2) is 61.4 Å². The Balaban J connectivity index is 0.00000151. The predicted octanol–water partition coefficient (Wildman–Crippen LogP) is 5.59. The van der Waals surface area contributed by atoms with E-state index in [9.17, 15) is 5.11 Å². The highest BCUT2D eigenvalue weighted by molar-refractivity contribution is 5.89. The molecule has 1 atom stereocenters. The Labute approximate surface area is 151 Å². The van der Waals surface area contributed by atoms with Crippen molar-refractivity contribution >= 4 is 16.5 Å². The molecule has 25 heavy (non-hydrogen) atoms. The van der Waals surface area contributed by atoms with Gasteiger partial charge < -0.3 is 15.8 Å². The first-order chi connectivity index (χ1) is 12.0. The summed E-state index contributed by atoms with van der Waals surface area (Å²) in [5, 5.41) is 10.6. The van der Waals surface area contributed by atoms with E-state index >= 15 is 0 Å². The van der Waals surface area contributed by atoms with Crippen molar-refractivity contribution in [1.82, 2.24) is 4.98 Å². The van der Waals surface area contributed by atoms with Crippen molar-refractivity contribution in [3.63, 3.8) is 0 Å². The first-order valence-corrected chi connectivity index (χ1v) is 8.68.